The van der Waals surface area contributed by atoms with E-state index in [2.05, 4.69) is 15.0 Å². The monoisotopic (exact) mass is 450 g/mol. The van der Waals surface area contributed by atoms with E-state index in [0.717, 1.165) is 16.5 Å². The van der Waals surface area contributed by atoms with Gasteiger partial charge in [-0.2, -0.15) is 0 Å². The summed E-state index contributed by atoms with van der Waals surface area (Å²) < 4.78 is 0. The molecule has 4 rings (SSSR count). The van der Waals surface area contributed by atoms with Crippen LogP contribution in [0.3, 0.4) is 0 Å². The van der Waals surface area contributed by atoms with Crippen molar-refractivity contribution in [2.24, 2.45) is 5.73 Å². The molecule has 0 unspecified atom stereocenters. The number of benzene rings is 1. The van der Waals surface area contributed by atoms with E-state index in [4.69, 9.17) is 21.1 Å². The van der Waals surface area contributed by atoms with Crippen molar-refractivity contribution in [1.29, 1.82) is 0 Å². The van der Waals surface area contributed by atoms with Crippen LogP contribution in [0.5, 0.6) is 0 Å². The van der Waals surface area contributed by atoms with E-state index in [-0.39, 0.29) is 11.1 Å². The maximum Gasteiger partial charge on any atom is 0.337 e. The maximum absolute atomic E-state index is 10.6. The third-order valence-corrected chi connectivity index (χ3v) is 4.25. The van der Waals surface area contributed by atoms with Crippen LogP contribution in [0.15, 0.2) is 79.5 Å². The van der Waals surface area contributed by atoms with E-state index in [1.165, 1.54) is 36.9 Å². The zero-order chi connectivity index (χ0) is 24.2. The van der Waals surface area contributed by atoms with Crippen molar-refractivity contribution in [3.63, 3.8) is 0 Å². The van der Waals surface area contributed by atoms with Crippen LogP contribution in [-0.2, 0) is 11.2 Å². The van der Waals surface area contributed by atoms with Gasteiger partial charge in [0.25, 0.3) is 0 Å². The lowest BCUT2D eigenvalue weighted by atomic mass is 10.1. The van der Waals surface area contributed by atoms with Gasteiger partial charge in [0.15, 0.2) is 0 Å². The Balaban J connectivity index is 0.000000186. The van der Waals surface area contributed by atoms with Crippen molar-refractivity contribution in [3.8, 4) is 0 Å². The van der Waals surface area contributed by atoms with Crippen LogP contribution >= 0.6 is 0 Å². The van der Waals surface area contributed by atoms with Gasteiger partial charge in [-0.1, -0.05) is 18.2 Å². The number of carboxylic acids is 3. The summed E-state index contributed by atoms with van der Waals surface area (Å²) >= 11 is 0. The lowest BCUT2D eigenvalue weighted by Gasteiger charge is -2.04. The highest BCUT2D eigenvalue weighted by Gasteiger charge is 2.14. The van der Waals surface area contributed by atoms with E-state index in [0.29, 0.717) is 6.42 Å². The number of H-pyrrole nitrogens is 1. The van der Waals surface area contributed by atoms with E-state index >= 15 is 0 Å². The molecule has 0 amide bonds. The van der Waals surface area contributed by atoms with E-state index in [9.17, 15) is 14.4 Å². The quantitative estimate of drug-likeness (QED) is 0.305. The van der Waals surface area contributed by atoms with Gasteiger partial charge in [-0.3, -0.25) is 14.8 Å². The van der Waals surface area contributed by atoms with Crippen LogP contribution in [0.2, 0.25) is 0 Å². The first-order valence-corrected chi connectivity index (χ1v) is 9.59. The number of aliphatic carboxylic acids is 1. The number of aromatic nitrogens is 3. The molecule has 0 saturated heterocycles. The molecule has 3 heterocycles. The van der Waals surface area contributed by atoms with Crippen LogP contribution in [0.4, 0.5) is 0 Å². The molecule has 1 aromatic carbocycles. The summed E-state index contributed by atoms with van der Waals surface area (Å²) in [6, 6.07) is 13.1. The molecular formula is C23H22N4O6. The van der Waals surface area contributed by atoms with E-state index in [1.807, 2.05) is 30.5 Å². The minimum Gasteiger partial charge on any atom is -0.480 e. The van der Waals surface area contributed by atoms with Gasteiger partial charge in [0.2, 0.25) is 0 Å². The van der Waals surface area contributed by atoms with Gasteiger partial charge in [-0.15, -0.1) is 0 Å². The van der Waals surface area contributed by atoms with Crippen LogP contribution < -0.4 is 5.73 Å². The molecule has 170 valence electrons. The van der Waals surface area contributed by atoms with Crippen molar-refractivity contribution in [1.82, 2.24) is 15.0 Å². The SMILES string of the molecule is N[C@@H](Cc1c[nH]c2ccccc12)C(=O)O.O=C(O)c1cccnc1.O=C(O)c1cccnc1. The molecule has 0 radical (unpaired) electrons. The highest BCUT2D eigenvalue weighted by Crippen LogP contribution is 2.18. The van der Waals surface area contributed by atoms with Gasteiger partial charge >= 0.3 is 17.9 Å². The number of hydrogen-bond acceptors (Lipinski definition) is 6. The fourth-order valence-corrected chi connectivity index (χ4v) is 2.60. The predicted molar refractivity (Wildman–Crippen MR) is 120 cm³/mol. The second-order valence-electron chi connectivity index (χ2n) is 6.60. The average molecular weight is 450 g/mol. The van der Waals surface area contributed by atoms with Gasteiger partial charge in [0.1, 0.15) is 6.04 Å². The molecule has 33 heavy (non-hydrogen) atoms. The third-order valence-electron chi connectivity index (χ3n) is 4.25. The number of carboxylic acid groups (broad SMARTS) is 3. The minimum atomic E-state index is -0.972. The molecule has 0 saturated carbocycles. The number of aromatic carboxylic acids is 2. The number of nitrogens with zero attached hydrogens (tertiary/aromatic N) is 2. The van der Waals surface area contributed by atoms with Crippen molar-refractivity contribution in [3.05, 3.63) is 96.2 Å². The normalized spacial score (nSPS) is 10.7. The molecule has 3 aromatic heterocycles. The van der Waals surface area contributed by atoms with Gasteiger partial charge in [-0.25, -0.2) is 9.59 Å². The largest absolute Gasteiger partial charge is 0.480 e. The Morgan fingerprint density at radius 3 is 1.82 bits per heavy atom. The predicted octanol–water partition coefficient (Wildman–Crippen LogP) is 2.68. The molecular weight excluding hydrogens is 428 g/mol. The van der Waals surface area contributed by atoms with Crippen LogP contribution in [0.1, 0.15) is 26.3 Å². The molecule has 10 heteroatoms. The Morgan fingerprint density at radius 1 is 0.848 bits per heavy atom. The number of nitrogens with one attached hydrogen (secondary N) is 1. The second kappa shape index (κ2) is 12.3. The molecule has 4 aromatic rings. The summed E-state index contributed by atoms with van der Waals surface area (Å²) in [6.45, 7) is 0. The molecule has 0 aliphatic rings. The first-order chi connectivity index (χ1) is 15.8. The van der Waals surface area contributed by atoms with E-state index < -0.39 is 23.9 Å². The van der Waals surface area contributed by atoms with Gasteiger partial charge < -0.3 is 26.0 Å². The molecule has 1 atom stereocenters. The topological polar surface area (TPSA) is 179 Å². The minimum absolute atomic E-state index is 0.220. The maximum atomic E-state index is 10.6. The summed E-state index contributed by atoms with van der Waals surface area (Å²) in [4.78, 5) is 41.3. The third kappa shape index (κ3) is 7.89. The van der Waals surface area contributed by atoms with Crippen LogP contribution in [0.25, 0.3) is 10.9 Å². The fraction of sp³-hybridized carbons (Fsp3) is 0.0870. The zero-order valence-corrected chi connectivity index (χ0v) is 17.3. The smallest absolute Gasteiger partial charge is 0.337 e. The van der Waals surface area contributed by atoms with Crippen molar-refractivity contribution in [2.45, 2.75) is 12.5 Å². The molecule has 0 aliphatic heterocycles. The molecule has 10 nitrogen and oxygen atoms in total. The number of nitrogens with two attached hydrogens (primary N) is 1. The Hall–Kier alpha value is -4.57. The van der Waals surface area contributed by atoms with Crippen molar-refractivity contribution >= 4 is 28.8 Å². The van der Waals surface area contributed by atoms with Crippen molar-refractivity contribution < 1.29 is 29.7 Å². The van der Waals surface area contributed by atoms with Crippen LogP contribution in [0, 0.1) is 0 Å². The molecule has 0 spiro atoms. The van der Waals surface area contributed by atoms with Gasteiger partial charge in [0, 0.05) is 48.3 Å². The second-order valence-corrected chi connectivity index (χ2v) is 6.60. The number of para-hydroxylation sites is 1. The Bertz CT molecular complexity index is 1150. The summed E-state index contributed by atoms with van der Waals surface area (Å²) in [5, 5.41) is 26.4. The summed E-state index contributed by atoms with van der Waals surface area (Å²) in [5.41, 5.74) is 7.87. The lowest BCUT2D eigenvalue weighted by molar-refractivity contribution is -0.138. The standard InChI is InChI=1S/C11H12N2O2.2C6H5NO2/c12-9(11(14)15)5-7-6-13-10-4-2-1-3-8(7)10;2*8-6(9)5-2-1-3-7-4-5/h1-4,6,9,13H,5,12H2,(H,14,15);2*1-4H,(H,8,9)/t9-;;/m0../s1. The average Bonchev–Trinajstić information content (AvgIpc) is 3.24. The number of rotatable bonds is 5. The number of aromatic amines is 1. The Kier molecular flexibility index (Phi) is 9.22. The first kappa shape index (κ1) is 24.7. The number of pyridine rings is 2. The van der Waals surface area contributed by atoms with Crippen molar-refractivity contribution in [2.75, 3.05) is 0 Å². The van der Waals surface area contributed by atoms with E-state index in [1.54, 1.807) is 12.1 Å². The summed E-state index contributed by atoms with van der Waals surface area (Å²) in [6.07, 6.45) is 7.84. The molecule has 0 bridgehead atoms. The highest BCUT2D eigenvalue weighted by molar-refractivity contribution is 5.87. The highest BCUT2D eigenvalue weighted by atomic mass is 16.4. The zero-order valence-electron chi connectivity index (χ0n) is 17.3. The summed E-state index contributed by atoms with van der Waals surface area (Å²) in [7, 11) is 0. The number of hydrogen-bond donors (Lipinski definition) is 5. The Morgan fingerprint density at radius 2 is 1.39 bits per heavy atom. The van der Waals surface area contributed by atoms with Crippen LogP contribution in [-0.4, -0.2) is 54.2 Å². The first-order valence-electron chi connectivity index (χ1n) is 9.59. The van der Waals surface area contributed by atoms with Gasteiger partial charge in [-0.05, 0) is 35.9 Å². The number of carbonyl (C=O) groups is 3. The number of fused-ring (bicyclic) bond motifs is 1. The molecule has 6 N–H and O–H groups in total. The Labute approximate surface area is 188 Å². The molecule has 0 fully saturated rings. The lowest BCUT2D eigenvalue weighted by Crippen LogP contribution is -2.32. The summed E-state index contributed by atoms with van der Waals surface area (Å²) in [5.74, 6) is -2.86. The van der Waals surface area contributed by atoms with Gasteiger partial charge in [0.05, 0.1) is 11.1 Å². The fourth-order valence-electron chi connectivity index (χ4n) is 2.60. The molecule has 0 aliphatic carbocycles.